The van der Waals surface area contributed by atoms with Crippen molar-refractivity contribution >= 4 is 11.6 Å². The van der Waals surface area contributed by atoms with Gasteiger partial charge in [0.25, 0.3) is 0 Å². The van der Waals surface area contributed by atoms with Gasteiger partial charge in [-0.25, -0.2) is 8.78 Å². The largest absolute Gasteiger partial charge is 0.573 e. The molecule has 0 saturated carbocycles. The van der Waals surface area contributed by atoms with Gasteiger partial charge in [-0.2, -0.15) is 4.98 Å². The lowest BCUT2D eigenvalue weighted by Crippen LogP contribution is -2.19. The maximum atomic E-state index is 13.6. The van der Waals surface area contributed by atoms with Crippen LogP contribution in [0.4, 0.5) is 33.6 Å². The van der Waals surface area contributed by atoms with E-state index in [1.165, 1.54) is 30.0 Å². The molecule has 0 radical (unpaired) electrons. The summed E-state index contributed by atoms with van der Waals surface area (Å²) in [7, 11) is 1.26. The van der Waals surface area contributed by atoms with Crippen LogP contribution in [0.1, 0.15) is 11.1 Å². The number of aryl methyl sites for hydroxylation is 1. The van der Waals surface area contributed by atoms with Gasteiger partial charge in [-0.1, -0.05) is 12.1 Å². The Morgan fingerprint density at radius 1 is 1.10 bits per heavy atom. The molecule has 0 aliphatic rings. The summed E-state index contributed by atoms with van der Waals surface area (Å²) >= 11 is 0. The number of halogens is 5. The molecule has 0 spiro atoms. The number of hydrogen-bond donors (Lipinski definition) is 1. The molecule has 0 fully saturated rings. The fourth-order valence-electron chi connectivity index (χ4n) is 2.72. The zero-order valence-corrected chi connectivity index (χ0v) is 16.3. The van der Waals surface area contributed by atoms with Crippen LogP contribution in [0.15, 0.2) is 47.4 Å². The monoisotopic (exact) mass is 441 g/mol. The van der Waals surface area contributed by atoms with Crippen LogP contribution in [-0.2, 0) is 6.54 Å². The first-order valence-corrected chi connectivity index (χ1v) is 8.78. The Hall–Kier alpha value is -3.63. The van der Waals surface area contributed by atoms with E-state index in [0.717, 1.165) is 24.3 Å². The van der Waals surface area contributed by atoms with Crippen molar-refractivity contribution in [2.24, 2.45) is 0 Å². The van der Waals surface area contributed by atoms with Crippen LogP contribution in [0.5, 0.6) is 11.5 Å². The molecule has 11 heteroatoms. The molecule has 0 unspecified atom stereocenters. The van der Waals surface area contributed by atoms with Gasteiger partial charge in [0, 0.05) is 11.8 Å². The van der Waals surface area contributed by atoms with E-state index in [4.69, 9.17) is 4.74 Å². The number of anilines is 2. The van der Waals surface area contributed by atoms with Crippen molar-refractivity contribution in [2.45, 2.75) is 19.8 Å². The Bertz CT molecular complexity index is 1160. The number of benzene rings is 2. The standard InChI is InChI=1S/C20H16F5N3O3/c1-11-3-5-13(31-20(23,24)25)8-16(11)26-19-27-18(29)17(30-2)10-28(19)9-12-4-6-14(21)15(22)7-12/h3-8,10H,9H2,1-2H3,(H,26,27,29). The Labute approximate surface area is 172 Å². The Morgan fingerprint density at radius 2 is 1.84 bits per heavy atom. The summed E-state index contributed by atoms with van der Waals surface area (Å²) in [4.78, 5) is 16.0. The molecule has 1 N–H and O–H groups in total. The van der Waals surface area contributed by atoms with Crippen molar-refractivity contribution in [1.29, 1.82) is 0 Å². The SMILES string of the molecule is COc1cn(Cc2ccc(F)c(F)c2)c(Nc2cc(OC(F)(F)F)ccc2C)nc1=O. The number of methoxy groups -OCH3 is 1. The lowest BCUT2D eigenvalue weighted by Gasteiger charge is -2.17. The zero-order chi connectivity index (χ0) is 22.8. The van der Waals surface area contributed by atoms with Crippen molar-refractivity contribution in [3.8, 4) is 11.5 Å². The van der Waals surface area contributed by atoms with Crippen LogP contribution >= 0.6 is 0 Å². The van der Waals surface area contributed by atoms with Crippen LogP contribution in [0.3, 0.4) is 0 Å². The van der Waals surface area contributed by atoms with Crippen LogP contribution in [0, 0.1) is 18.6 Å². The van der Waals surface area contributed by atoms with Gasteiger partial charge in [0.05, 0.1) is 19.9 Å². The third kappa shape index (κ3) is 5.50. The summed E-state index contributed by atoms with van der Waals surface area (Å²) in [6, 6.07) is 6.91. The first-order valence-electron chi connectivity index (χ1n) is 8.78. The van der Waals surface area contributed by atoms with Gasteiger partial charge in [0.15, 0.2) is 11.6 Å². The molecule has 0 aliphatic heterocycles. The highest BCUT2D eigenvalue weighted by atomic mass is 19.4. The van der Waals surface area contributed by atoms with Gasteiger partial charge < -0.3 is 19.4 Å². The van der Waals surface area contributed by atoms with Crippen molar-refractivity contribution in [3.63, 3.8) is 0 Å². The molecule has 6 nitrogen and oxygen atoms in total. The summed E-state index contributed by atoms with van der Waals surface area (Å²) < 4.78 is 74.7. The molecule has 0 saturated heterocycles. The van der Waals surface area contributed by atoms with Crippen molar-refractivity contribution in [3.05, 3.63) is 75.7 Å². The van der Waals surface area contributed by atoms with Crippen molar-refractivity contribution in [1.82, 2.24) is 9.55 Å². The second-order valence-corrected chi connectivity index (χ2v) is 6.46. The Balaban J connectivity index is 2.00. The molecule has 1 heterocycles. The predicted molar refractivity (Wildman–Crippen MR) is 102 cm³/mol. The normalized spacial score (nSPS) is 11.3. The Morgan fingerprint density at radius 3 is 2.48 bits per heavy atom. The molecule has 1 aromatic heterocycles. The highest BCUT2D eigenvalue weighted by Gasteiger charge is 2.31. The summed E-state index contributed by atoms with van der Waals surface area (Å²) in [5, 5.41) is 2.79. The van der Waals surface area contributed by atoms with Gasteiger partial charge in [0.1, 0.15) is 5.75 Å². The minimum atomic E-state index is -4.88. The number of rotatable bonds is 6. The Kier molecular flexibility index (Phi) is 6.14. The highest BCUT2D eigenvalue weighted by molar-refractivity contribution is 5.61. The fraction of sp³-hybridized carbons (Fsp3) is 0.200. The van der Waals surface area contributed by atoms with Crippen LogP contribution in [0.2, 0.25) is 0 Å². The van der Waals surface area contributed by atoms with Gasteiger partial charge in [-0.05, 0) is 36.2 Å². The number of hydrogen-bond acceptors (Lipinski definition) is 5. The van der Waals surface area contributed by atoms with E-state index in [1.54, 1.807) is 6.92 Å². The van der Waals surface area contributed by atoms with E-state index in [0.29, 0.717) is 11.1 Å². The van der Waals surface area contributed by atoms with Gasteiger partial charge in [-0.15, -0.1) is 13.2 Å². The van der Waals surface area contributed by atoms with Crippen LogP contribution in [0.25, 0.3) is 0 Å². The number of alkyl halides is 3. The maximum Gasteiger partial charge on any atom is 0.573 e. The summed E-state index contributed by atoms with van der Waals surface area (Å²) in [5.41, 5.74) is 0.351. The molecule has 0 amide bonds. The van der Waals surface area contributed by atoms with E-state index in [-0.39, 0.29) is 23.9 Å². The molecular weight excluding hydrogens is 425 g/mol. The van der Waals surface area contributed by atoms with Crippen molar-refractivity contribution < 1.29 is 31.4 Å². The van der Waals surface area contributed by atoms with E-state index < -0.39 is 29.3 Å². The molecule has 0 atom stereocenters. The number of nitrogens with one attached hydrogen (secondary N) is 1. The summed E-state index contributed by atoms with van der Waals surface area (Å²) in [6.07, 6.45) is -3.58. The quantitative estimate of drug-likeness (QED) is 0.570. The molecule has 164 valence electrons. The first-order chi connectivity index (χ1) is 14.6. The molecule has 3 rings (SSSR count). The van der Waals surface area contributed by atoms with E-state index in [2.05, 4.69) is 15.0 Å². The smallest absolute Gasteiger partial charge is 0.490 e. The molecule has 0 aliphatic carbocycles. The number of nitrogens with zero attached hydrogens (tertiary/aromatic N) is 2. The lowest BCUT2D eigenvalue weighted by atomic mass is 10.2. The average molecular weight is 441 g/mol. The zero-order valence-electron chi connectivity index (χ0n) is 16.3. The minimum absolute atomic E-state index is 0.0407. The van der Waals surface area contributed by atoms with Crippen molar-refractivity contribution in [2.75, 3.05) is 12.4 Å². The fourth-order valence-corrected chi connectivity index (χ4v) is 2.72. The van der Waals surface area contributed by atoms with Crippen LogP contribution < -0.4 is 20.3 Å². The van der Waals surface area contributed by atoms with E-state index in [9.17, 15) is 26.7 Å². The highest BCUT2D eigenvalue weighted by Crippen LogP contribution is 2.29. The van der Waals surface area contributed by atoms with Crippen LogP contribution in [-0.4, -0.2) is 23.0 Å². The maximum absolute atomic E-state index is 13.6. The lowest BCUT2D eigenvalue weighted by molar-refractivity contribution is -0.274. The molecule has 2 aromatic carbocycles. The first kappa shape index (κ1) is 22.1. The molecular formula is C20H16F5N3O3. The molecule has 0 bridgehead atoms. The number of aromatic nitrogens is 2. The van der Waals surface area contributed by atoms with Gasteiger partial charge in [-0.3, -0.25) is 4.79 Å². The van der Waals surface area contributed by atoms with Gasteiger partial charge in [0.2, 0.25) is 11.7 Å². The molecule has 31 heavy (non-hydrogen) atoms. The average Bonchev–Trinajstić information content (AvgIpc) is 2.68. The molecule has 3 aromatic rings. The minimum Gasteiger partial charge on any atom is -0.490 e. The summed E-state index contributed by atoms with van der Waals surface area (Å²) in [5.74, 6) is -2.71. The third-order valence-corrected chi connectivity index (χ3v) is 4.21. The third-order valence-electron chi connectivity index (χ3n) is 4.21. The predicted octanol–water partition coefficient (Wildman–Crippen LogP) is 4.53. The summed E-state index contributed by atoms with van der Waals surface area (Å²) in [6.45, 7) is 1.59. The van der Waals surface area contributed by atoms with E-state index >= 15 is 0 Å². The second-order valence-electron chi connectivity index (χ2n) is 6.46. The topological polar surface area (TPSA) is 65.4 Å². The number of ether oxygens (including phenoxy) is 2. The second kappa shape index (κ2) is 8.62. The van der Waals surface area contributed by atoms with Gasteiger partial charge >= 0.3 is 11.9 Å². The van der Waals surface area contributed by atoms with E-state index in [1.807, 2.05) is 0 Å².